The normalized spacial score (nSPS) is 15.5. The van der Waals surface area contributed by atoms with Crippen LogP contribution in [0.2, 0.25) is 0 Å². The lowest BCUT2D eigenvalue weighted by Gasteiger charge is -2.29. The van der Waals surface area contributed by atoms with E-state index in [-0.39, 0.29) is 18.3 Å². The number of nitrogens with two attached hydrogens (primary N) is 1. The fourth-order valence-electron chi connectivity index (χ4n) is 2.89. The zero-order valence-corrected chi connectivity index (χ0v) is 14.5. The fraction of sp³-hybridized carbons (Fsp3) is 0.316. The molecule has 0 aliphatic carbocycles. The summed E-state index contributed by atoms with van der Waals surface area (Å²) in [7, 11) is 0. The maximum Gasteiger partial charge on any atom is 0.238 e. The van der Waals surface area contributed by atoms with Crippen LogP contribution in [0.1, 0.15) is 12.8 Å². The number of hydrogen-bond donors (Lipinski definition) is 2. The van der Waals surface area contributed by atoms with Gasteiger partial charge in [0.25, 0.3) is 0 Å². The molecule has 1 aliphatic heterocycles. The first-order valence-electron chi connectivity index (χ1n) is 8.14. The van der Waals surface area contributed by atoms with Gasteiger partial charge in [0.15, 0.2) is 0 Å². The van der Waals surface area contributed by atoms with Crippen LogP contribution in [0.15, 0.2) is 54.6 Å². The predicted octanol–water partition coefficient (Wildman–Crippen LogP) is 3.14. The molecule has 3 rings (SSSR count). The molecule has 0 bridgehead atoms. The standard InChI is InChI=1S/C19H23N3O.ClH/c20-17-10-12-22(13-11-17)14-19(23)21-18-8-6-16(7-9-18)15-4-2-1-3-5-15;/h1-9,17H,10-14,20H2,(H,21,23);1H. The Labute approximate surface area is 149 Å². The Morgan fingerprint density at radius 2 is 1.58 bits per heavy atom. The third kappa shape index (κ3) is 5.06. The Morgan fingerprint density at radius 3 is 2.21 bits per heavy atom. The van der Waals surface area contributed by atoms with Crippen LogP contribution in [0.4, 0.5) is 5.69 Å². The third-order valence-corrected chi connectivity index (χ3v) is 4.28. The van der Waals surface area contributed by atoms with Crippen molar-refractivity contribution in [2.45, 2.75) is 18.9 Å². The molecule has 24 heavy (non-hydrogen) atoms. The molecule has 3 N–H and O–H groups in total. The Kier molecular flexibility index (Phi) is 6.79. The van der Waals surface area contributed by atoms with E-state index in [4.69, 9.17) is 5.73 Å². The van der Waals surface area contributed by atoms with E-state index in [9.17, 15) is 4.79 Å². The van der Waals surface area contributed by atoms with Crippen molar-refractivity contribution in [3.05, 3.63) is 54.6 Å². The topological polar surface area (TPSA) is 58.4 Å². The predicted molar refractivity (Wildman–Crippen MR) is 101 cm³/mol. The first kappa shape index (κ1) is 18.5. The van der Waals surface area contributed by atoms with E-state index in [0.29, 0.717) is 12.6 Å². The number of hydrogen-bond acceptors (Lipinski definition) is 3. The van der Waals surface area contributed by atoms with Gasteiger partial charge in [-0.05, 0) is 36.1 Å². The number of likely N-dealkylation sites (tertiary alicyclic amines) is 1. The Balaban J connectivity index is 0.00000208. The van der Waals surface area contributed by atoms with Crippen LogP contribution in [0.3, 0.4) is 0 Å². The molecular formula is C19H24ClN3O. The number of benzene rings is 2. The molecule has 1 amide bonds. The number of rotatable bonds is 4. The highest BCUT2D eigenvalue weighted by atomic mass is 35.5. The van der Waals surface area contributed by atoms with Gasteiger partial charge in [-0.1, -0.05) is 42.5 Å². The average Bonchev–Trinajstić information content (AvgIpc) is 2.58. The minimum atomic E-state index is 0. The molecule has 0 unspecified atom stereocenters. The minimum absolute atomic E-state index is 0. The summed E-state index contributed by atoms with van der Waals surface area (Å²) < 4.78 is 0. The molecule has 0 radical (unpaired) electrons. The Morgan fingerprint density at radius 1 is 1.00 bits per heavy atom. The van der Waals surface area contributed by atoms with E-state index in [1.807, 2.05) is 42.5 Å². The second-order valence-corrected chi connectivity index (χ2v) is 6.11. The molecule has 2 aromatic rings. The van der Waals surface area contributed by atoms with Crippen LogP contribution in [0.5, 0.6) is 0 Å². The largest absolute Gasteiger partial charge is 0.328 e. The second-order valence-electron chi connectivity index (χ2n) is 6.11. The molecule has 0 spiro atoms. The fourth-order valence-corrected chi connectivity index (χ4v) is 2.89. The van der Waals surface area contributed by atoms with E-state index in [1.165, 1.54) is 5.56 Å². The van der Waals surface area contributed by atoms with Crippen LogP contribution in [-0.4, -0.2) is 36.5 Å². The highest BCUT2D eigenvalue weighted by Crippen LogP contribution is 2.21. The highest BCUT2D eigenvalue weighted by molar-refractivity contribution is 5.92. The van der Waals surface area contributed by atoms with Gasteiger partial charge in [-0.3, -0.25) is 9.69 Å². The van der Waals surface area contributed by atoms with Crippen molar-refractivity contribution in [3.8, 4) is 11.1 Å². The minimum Gasteiger partial charge on any atom is -0.328 e. The van der Waals surface area contributed by atoms with Crippen LogP contribution in [-0.2, 0) is 4.79 Å². The second kappa shape index (κ2) is 8.83. The van der Waals surface area contributed by atoms with Crippen molar-refractivity contribution in [1.82, 2.24) is 4.90 Å². The summed E-state index contributed by atoms with van der Waals surface area (Å²) in [4.78, 5) is 14.3. The summed E-state index contributed by atoms with van der Waals surface area (Å²) >= 11 is 0. The third-order valence-electron chi connectivity index (χ3n) is 4.28. The van der Waals surface area contributed by atoms with Crippen molar-refractivity contribution in [3.63, 3.8) is 0 Å². The van der Waals surface area contributed by atoms with Crippen molar-refractivity contribution in [2.75, 3.05) is 25.0 Å². The van der Waals surface area contributed by atoms with Gasteiger partial charge in [0, 0.05) is 24.8 Å². The van der Waals surface area contributed by atoms with Gasteiger partial charge in [0.1, 0.15) is 0 Å². The van der Waals surface area contributed by atoms with Gasteiger partial charge in [-0.2, -0.15) is 0 Å². The quantitative estimate of drug-likeness (QED) is 0.895. The molecule has 5 heteroatoms. The van der Waals surface area contributed by atoms with Crippen molar-refractivity contribution < 1.29 is 4.79 Å². The van der Waals surface area contributed by atoms with Gasteiger partial charge in [0.05, 0.1) is 6.54 Å². The van der Waals surface area contributed by atoms with Crippen molar-refractivity contribution in [1.29, 1.82) is 0 Å². The molecule has 1 fully saturated rings. The van der Waals surface area contributed by atoms with Crippen LogP contribution in [0, 0.1) is 0 Å². The van der Waals surface area contributed by atoms with Crippen LogP contribution in [0.25, 0.3) is 11.1 Å². The number of carbonyl (C=O) groups is 1. The van der Waals surface area contributed by atoms with Gasteiger partial charge in [-0.25, -0.2) is 0 Å². The molecular weight excluding hydrogens is 322 g/mol. The molecule has 0 atom stereocenters. The average molecular weight is 346 g/mol. The molecule has 4 nitrogen and oxygen atoms in total. The lowest BCUT2D eigenvalue weighted by atomic mass is 10.1. The number of anilines is 1. The van der Waals surface area contributed by atoms with E-state index in [1.54, 1.807) is 0 Å². The van der Waals surface area contributed by atoms with E-state index in [0.717, 1.165) is 37.2 Å². The van der Waals surface area contributed by atoms with Gasteiger partial charge in [-0.15, -0.1) is 12.4 Å². The summed E-state index contributed by atoms with van der Waals surface area (Å²) in [6.45, 7) is 2.25. The molecule has 2 aromatic carbocycles. The summed E-state index contributed by atoms with van der Waals surface area (Å²) in [6, 6.07) is 18.5. The number of piperidine rings is 1. The number of carbonyl (C=O) groups excluding carboxylic acids is 1. The number of nitrogens with zero attached hydrogens (tertiary/aromatic N) is 1. The molecule has 128 valence electrons. The lowest BCUT2D eigenvalue weighted by Crippen LogP contribution is -2.43. The van der Waals surface area contributed by atoms with Gasteiger partial charge in [0.2, 0.25) is 5.91 Å². The summed E-state index contributed by atoms with van der Waals surface area (Å²) in [5.41, 5.74) is 9.05. The monoisotopic (exact) mass is 345 g/mol. The van der Waals surface area contributed by atoms with Gasteiger partial charge < -0.3 is 11.1 Å². The lowest BCUT2D eigenvalue weighted by molar-refractivity contribution is -0.117. The van der Waals surface area contributed by atoms with Crippen LogP contribution < -0.4 is 11.1 Å². The molecule has 1 heterocycles. The molecule has 1 aliphatic rings. The highest BCUT2D eigenvalue weighted by Gasteiger charge is 2.18. The summed E-state index contributed by atoms with van der Waals surface area (Å²) in [6.07, 6.45) is 1.94. The molecule has 0 saturated carbocycles. The first-order valence-corrected chi connectivity index (χ1v) is 8.14. The smallest absolute Gasteiger partial charge is 0.238 e. The van der Waals surface area contributed by atoms with E-state index >= 15 is 0 Å². The number of amides is 1. The van der Waals surface area contributed by atoms with Crippen molar-refractivity contribution >= 4 is 24.0 Å². The Hall–Kier alpha value is -1.88. The number of halogens is 1. The summed E-state index contributed by atoms with van der Waals surface area (Å²) in [5, 5.41) is 2.97. The van der Waals surface area contributed by atoms with E-state index < -0.39 is 0 Å². The zero-order chi connectivity index (χ0) is 16.1. The molecule has 1 saturated heterocycles. The maximum atomic E-state index is 12.1. The summed E-state index contributed by atoms with van der Waals surface area (Å²) in [5.74, 6) is 0.0351. The van der Waals surface area contributed by atoms with Crippen LogP contribution >= 0.6 is 12.4 Å². The maximum absolute atomic E-state index is 12.1. The number of nitrogens with one attached hydrogen (secondary N) is 1. The SMILES string of the molecule is Cl.NC1CCN(CC(=O)Nc2ccc(-c3ccccc3)cc2)CC1. The zero-order valence-electron chi connectivity index (χ0n) is 13.7. The van der Waals surface area contributed by atoms with E-state index in [2.05, 4.69) is 22.3 Å². The molecule has 0 aromatic heterocycles. The Bertz CT molecular complexity index is 637. The van der Waals surface area contributed by atoms with Gasteiger partial charge >= 0.3 is 0 Å². The van der Waals surface area contributed by atoms with Crippen molar-refractivity contribution in [2.24, 2.45) is 5.73 Å². The first-order chi connectivity index (χ1) is 11.2.